The molecule has 0 fully saturated rings. The lowest BCUT2D eigenvalue weighted by molar-refractivity contribution is 0.622. The van der Waals surface area contributed by atoms with Gasteiger partial charge in [0.25, 0.3) is 0 Å². The van der Waals surface area contributed by atoms with Gasteiger partial charge in [-0.15, -0.1) is 0 Å². The van der Waals surface area contributed by atoms with E-state index in [1.165, 1.54) is 44.9 Å². The lowest BCUT2D eigenvalue weighted by Gasteiger charge is -1.97. The van der Waals surface area contributed by atoms with E-state index >= 15 is 0 Å². The quantitative estimate of drug-likeness (QED) is 0.467. The van der Waals surface area contributed by atoms with Gasteiger partial charge in [-0.25, -0.2) is 0 Å². The maximum atomic E-state index is 2.26. The fraction of sp³-hybridized carbons (Fsp3) is 0.333. The van der Waals surface area contributed by atoms with Crippen LogP contribution in [0.2, 0.25) is 0 Å². The predicted octanol–water partition coefficient (Wildman–Crippen LogP) is 6.62. The summed E-state index contributed by atoms with van der Waals surface area (Å²) in [5.41, 5.74) is 0. The van der Waals surface area contributed by atoms with E-state index in [4.69, 9.17) is 0 Å². The van der Waals surface area contributed by atoms with Crippen LogP contribution in [0.4, 0.5) is 0 Å². The summed E-state index contributed by atoms with van der Waals surface area (Å²) in [7, 11) is 0. The number of hydrogen-bond acceptors (Lipinski definition) is 0. The second-order valence-corrected chi connectivity index (χ2v) is 5.13. The third-order valence-corrected chi connectivity index (χ3v) is 3.24. The Labute approximate surface area is 130 Å². The minimum absolute atomic E-state index is 1.20. The van der Waals surface area contributed by atoms with Gasteiger partial charge in [0.15, 0.2) is 0 Å². The zero-order valence-corrected chi connectivity index (χ0v) is 13.0. The standard InChI is InChI=1S/C21H28/c1-2-4-6-8-10-12-14-16-18-20-21-19-17-15-13-11-9-7-5-3-1/h1-14H,15-21H2/b2-1-,5-3-,6-4-,9-7+,10-8+,13-11+,14-12?. The average Bonchev–Trinajstić information content (AvgIpc) is 2.50. The van der Waals surface area contributed by atoms with Crippen LogP contribution in [0, 0.1) is 0 Å². The van der Waals surface area contributed by atoms with Gasteiger partial charge in [-0.1, -0.05) is 104 Å². The van der Waals surface area contributed by atoms with Crippen LogP contribution in [-0.4, -0.2) is 0 Å². The third-order valence-electron chi connectivity index (χ3n) is 3.24. The molecule has 0 atom stereocenters. The molecule has 0 heteroatoms. The highest BCUT2D eigenvalue weighted by Crippen LogP contribution is 2.08. The van der Waals surface area contributed by atoms with Crippen molar-refractivity contribution in [2.75, 3.05) is 0 Å². The average molecular weight is 280 g/mol. The summed E-state index contributed by atoms with van der Waals surface area (Å²) >= 11 is 0. The van der Waals surface area contributed by atoms with Crippen molar-refractivity contribution in [2.24, 2.45) is 0 Å². The first-order chi connectivity index (χ1) is 10.5. The highest BCUT2D eigenvalue weighted by Gasteiger charge is 1.88. The van der Waals surface area contributed by atoms with E-state index in [0.717, 1.165) is 0 Å². The monoisotopic (exact) mass is 280 g/mol. The second-order valence-electron chi connectivity index (χ2n) is 5.13. The summed E-state index contributed by atoms with van der Waals surface area (Å²) in [6.45, 7) is 0. The van der Waals surface area contributed by atoms with Crippen molar-refractivity contribution in [2.45, 2.75) is 44.9 Å². The van der Waals surface area contributed by atoms with E-state index in [2.05, 4.69) is 60.8 Å². The van der Waals surface area contributed by atoms with Crippen molar-refractivity contribution in [1.82, 2.24) is 0 Å². The first-order valence-electron chi connectivity index (χ1n) is 8.15. The molecule has 0 bridgehead atoms. The smallest absolute Gasteiger partial charge is 0.0348 e. The lowest BCUT2D eigenvalue weighted by Crippen LogP contribution is -1.78. The van der Waals surface area contributed by atoms with Crippen LogP contribution in [0.15, 0.2) is 85.1 Å². The first kappa shape index (κ1) is 17.2. The molecule has 0 aromatic carbocycles. The van der Waals surface area contributed by atoms with E-state index in [0.29, 0.717) is 0 Å². The SMILES string of the molecule is C1=CCCCCCCC/C=C/C=C/C=C\C=C/C=C\C=C\1. The van der Waals surface area contributed by atoms with Gasteiger partial charge < -0.3 is 0 Å². The Hall–Kier alpha value is -1.82. The Morgan fingerprint density at radius 3 is 0.952 bits per heavy atom. The second kappa shape index (κ2) is 14.6. The molecule has 0 aliphatic heterocycles. The topological polar surface area (TPSA) is 0 Å². The summed E-state index contributed by atoms with van der Waals surface area (Å²) in [6.07, 6.45) is 38.5. The van der Waals surface area contributed by atoms with Gasteiger partial charge in [0.05, 0.1) is 0 Å². The predicted molar refractivity (Wildman–Crippen MR) is 96.3 cm³/mol. The zero-order chi connectivity index (χ0) is 14.8. The summed E-state index contributed by atoms with van der Waals surface area (Å²) in [4.78, 5) is 0. The van der Waals surface area contributed by atoms with Crippen molar-refractivity contribution in [1.29, 1.82) is 0 Å². The Morgan fingerprint density at radius 1 is 0.286 bits per heavy atom. The Balaban J connectivity index is 2.42. The van der Waals surface area contributed by atoms with Gasteiger partial charge in [0, 0.05) is 0 Å². The van der Waals surface area contributed by atoms with Gasteiger partial charge >= 0.3 is 0 Å². The largest absolute Gasteiger partial charge is 0.0845 e. The molecule has 1 aliphatic rings. The minimum Gasteiger partial charge on any atom is -0.0845 e. The molecule has 0 unspecified atom stereocenters. The molecule has 1 aliphatic carbocycles. The van der Waals surface area contributed by atoms with Crippen LogP contribution < -0.4 is 0 Å². The van der Waals surface area contributed by atoms with Crippen LogP contribution in [-0.2, 0) is 0 Å². The zero-order valence-electron chi connectivity index (χ0n) is 13.0. The van der Waals surface area contributed by atoms with Crippen LogP contribution in [0.25, 0.3) is 0 Å². The molecule has 0 saturated heterocycles. The highest BCUT2D eigenvalue weighted by molar-refractivity contribution is 5.20. The Bertz CT molecular complexity index is 385. The maximum absolute atomic E-state index is 2.26. The van der Waals surface area contributed by atoms with Gasteiger partial charge in [-0.05, 0) is 25.7 Å². The molecule has 0 aromatic rings. The molecule has 21 heavy (non-hydrogen) atoms. The van der Waals surface area contributed by atoms with E-state index in [9.17, 15) is 0 Å². The molecule has 0 spiro atoms. The molecule has 0 aromatic heterocycles. The molecular weight excluding hydrogens is 252 g/mol. The van der Waals surface area contributed by atoms with Crippen LogP contribution >= 0.6 is 0 Å². The maximum Gasteiger partial charge on any atom is -0.0348 e. The molecule has 1 rings (SSSR count). The number of rotatable bonds is 0. The normalized spacial score (nSPS) is 27.8. The van der Waals surface area contributed by atoms with E-state index in [1.54, 1.807) is 0 Å². The molecule has 0 saturated carbocycles. The summed E-state index contributed by atoms with van der Waals surface area (Å²) < 4.78 is 0. The van der Waals surface area contributed by atoms with E-state index < -0.39 is 0 Å². The molecule has 0 heterocycles. The number of allylic oxidation sites excluding steroid dienone is 14. The Kier molecular flexibility index (Phi) is 12.0. The minimum atomic E-state index is 1.20. The molecule has 0 N–H and O–H groups in total. The fourth-order valence-electron chi connectivity index (χ4n) is 2.05. The molecule has 0 nitrogen and oxygen atoms in total. The highest BCUT2D eigenvalue weighted by atomic mass is 13.9. The lowest BCUT2D eigenvalue weighted by atomic mass is 10.1. The first-order valence-corrected chi connectivity index (χ1v) is 8.15. The molecule has 0 radical (unpaired) electrons. The fourth-order valence-corrected chi connectivity index (χ4v) is 2.05. The van der Waals surface area contributed by atoms with E-state index in [1.807, 2.05) is 24.3 Å². The van der Waals surface area contributed by atoms with Crippen molar-refractivity contribution in [3.05, 3.63) is 85.1 Å². The van der Waals surface area contributed by atoms with Crippen molar-refractivity contribution in [3.63, 3.8) is 0 Å². The van der Waals surface area contributed by atoms with Crippen molar-refractivity contribution >= 4 is 0 Å². The molecule has 0 amide bonds. The Morgan fingerprint density at radius 2 is 0.571 bits per heavy atom. The van der Waals surface area contributed by atoms with E-state index in [-0.39, 0.29) is 0 Å². The summed E-state index contributed by atoms with van der Waals surface area (Å²) in [5, 5.41) is 0. The number of hydrogen-bond donors (Lipinski definition) is 0. The third kappa shape index (κ3) is 12.9. The molecule has 112 valence electrons. The van der Waals surface area contributed by atoms with Gasteiger partial charge in [0.1, 0.15) is 0 Å². The summed E-state index contributed by atoms with van der Waals surface area (Å²) in [6, 6.07) is 0. The van der Waals surface area contributed by atoms with Crippen LogP contribution in [0.5, 0.6) is 0 Å². The molecular formula is C21H28. The summed E-state index contributed by atoms with van der Waals surface area (Å²) in [5.74, 6) is 0. The van der Waals surface area contributed by atoms with Crippen LogP contribution in [0.3, 0.4) is 0 Å². The van der Waals surface area contributed by atoms with Crippen molar-refractivity contribution in [3.8, 4) is 0 Å². The van der Waals surface area contributed by atoms with Crippen LogP contribution in [0.1, 0.15) is 44.9 Å². The van der Waals surface area contributed by atoms with Crippen molar-refractivity contribution < 1.29 is 0 Å². The van der Waals surface area contributed by atoms with Gasteiger partial charge in [-0.3, -0.25) is 0 Å². The van der Waals surface area contributed by atoms with Gasteiger partial charge in [-0.2, -0.15) is 0 Å². The van der Waals surface area contributed by atoms with Gasteiger partial charge in [0.2, 0.25) is 0 Å².